The first-order chi connectivity index (χ1) is 11.7. The molecular weight excluding hydrogens is 310 g/mol. The van der Waals surface area contributed by atoms with Crippen molar-refractivity contribution in [3.8, 4) is 0 Å². The van der Waals surface area contributed by atoms with Gasteiger partial charge in [0.05, 0.1) is 12.7 Å². The van der Waals surface area contributed by atoms with E-state index in [0.717, 1.165) is 19.3 Å². The molecule has 2 aromatic rings. The van der Waals surface area contributed by atoms with Gasteiger partial charge in [-0.15, -0.1) is 0 Å². The van der Waals surface area contributed by atoms with Crippen molar-refractivity contribution in [2.24, 2.45) is 0 Å². The van der Waals surface area contributed by atoms with Crippen LogP contribution in [0.1, 0.15) is 18.4 Å². The standard InChI is InChI=1S/C17H21N3O4/c21-16(12-20-13-17(22)24-18-20)19-9-10-23-15(11-19)8-4-7-14-5-2-1-3-6-14/h1-3,5-6,13,15H,4,7-12H2/p+1/t15-/m0/s1. The molecule has 1 amide bonds. The van der Waals surface area contributed by atoms with Gasteiger partial charge in [0, 0.05) is 13.1 Å². The summed E-state index contributed by atoms with van der Waals surface area (Å²) < 4.78 is 11.7. The van der Waals surface area contributed by atoms with E-state index in [2.05, 4.69) is 21.9 Å². The number of hydrogen-bond acceptors (Lipinski definition) is 4. The normalized spacial score (nSPS) is 17.8. The number of nitrogens with zero attached hydrogens (tertiary/aromatic N) is 2. The second-order valence-electron chi connectivity index (χ2n) is 5.98. The number of hydrogen-bond donors (Lipinski definition) is 1. The minimum Gasteiger partial charge on any atom is -0.375 e. The predicted molar refractivity (Wildman–Crippen MR) is 85.2 cm³/mol. The molecule has 1 aliphatic heterocycles. The number of carbonyl (C=O) groups excluding carboxylic acids is 1. The van der Waals surface area contributed by atoms with Gasteiger partial charge in [-0.2, -0.15) is 0 Å². The summed E-state index contributed by atoms with van der Waals surface area (Å²) in [5, 5.41) is 2.39. The Balaban J connectivity index is 1.45. The molecule has 0 spiro atoms. The van der Waals surface area contributed by atoms with Crippen molar-refractivity contribution in [1.82, 2.24) is 10.2 Å². The third kappa shape index (κ3) is 4.55. The molecule has 0 unspecified atom stereocenters. The molecule has 2 heterocycles. The summed E-state index contributed by atoms with van der Waals surface area (Å²) >= 11 is 0. The van der Waals surface area contributed by atoms with Crippen LogP contribution in [0.4, 0.5) is 0 Å². The molecule has 1 aromatic heterocycles. The van der Waals surface area contributed by atoms with Crippen molar-refractivity contribution in [2.45, 2.75) is 31.9 Å². The summed E-state index contributed by atoms with van der Waals surface area (Å²) in [7, 11) is 0. The lowest BCUT2D eigenvalue weighted by molar-refractivity contribution is -0.751. The number of ether oxygens (including phenoxy) is 1. The number of benzene rings is 1. The molecule has 3 rings (SSSR count). The molecule has 0 saturated carbocycles. The Labute approximate surface area is 139 Å². The first-order valence-electron chi connectivity index (χ1n) is 8.22. The predicted octanol–water partition coefficient (Wildman–Crippen LogP) is 0.506. The summed E-state index contributed by atoms with van der Waals surface area (Å²) in [4.78, 5) is 25.1. The van der Waals surface area contributed by atoms with Gasteiger partial charge in [-0.25, -0.2) is 4.79 Å². The van der Waals surface area contributed by atoms with E-state index >= 15 is 0 Å². The van der Waals surface area contributed by atoms with Crippen LogP contribution in [0.25, 0.3) is 0 Å². The monoisotopic (exact) mass is 332 g/mol. The van der Waals surface area contributed by atoms with Gasteiger partial charge in [0.1, 0.15) is 0 Å². The Morgan fingerprint density at radius 1 is 1.33 bits per heavy atom. The zero-order valence-electron chi connectivity index (χ0n) is 13.5. The highest BCUT2D eigenvalue weighted by molar-refractivity contribution is 5.74. The highest BCUT2D eigenvalue weighted by Crippen LogP contribution is 2.13. The van der Waals surface area contributed by atoms with Crippen molar-refractivity contribution >= 4 is 5.91 Å². The summed E-state index contributed by atoms with van der Waals surface area (Å²) in [6, 6.07) is 10.4. The lowest BCUT2D eigenvalue weighted by Gasteiger charge is -2.32. The van der Waals surface area contributed by atoms with Gasteiger partial charge in [0.25, 0.3) is 18.6 Å². The van der Waals surface area contributed by atoms with E-state index in [1.165, 1.54) is 16.4 Å². The van der Waals surface area contributed by atoms with Gasteiger partial charge in [-0.3, -0.25) is 9.32 Å². The van der Waals surface area contributed by atoms with Gasteiger partial charge < -0.3 is 9.64 Å². The lowest BCUT2D eigenvalue weighted by atomic mass is 10.1. The zero-order valence-corrected chi connectivity index (χ0v) is 13.5. The van der Waals surface area contributed by atoms with Crippen molar-refractivity contribution in [2.75, 3.05) is 19.7 Å². The minimum absolute atomic E-state index is 0.0478. The Morgan fingerprint density at radius 3 is 2.92 bits per heavy atom. The summed E-state index contributed by atoms with van der Waals surface area (Å²) in [6.07, 6.45) is 4.27. The zero-order chi connectivity index (χ0) is 16.8. The highest BCUT2D eigenvalue weighted by Gasteiger charge is 2.26. The molecule has 7 nitrogen and oxygen atoms in total. The number of nitrogens with one attached hydrogen (secondary N) is 1. The molecule has 1 aromatic carbocycles. The fourth-order valence-electron chi connectivity index (χ4n) is 2.91. The van der Waals surface area contributed by atoms with E-state index in [1.54, 1.807) is 4.90 Å². The van der Waals surface area contributed by atoms with Crippen LogP contribution < -0.4 is 10.3 Å². The fourth-order valence-corrected chi connectivity index (χ4v) is 2.91. The fraction of sp³-hybridized carbons (Fsp3) is 0.471. The van der Waals surface area contributed by atoms with Crippen LogP contribution in [-0.4, -0.2) is 41.9 Å². The second-order valence-corrected chi connectivity index (χ2v) is 5.98. The van der Waals surface area contributed by atoms with Crippen molar-refractivity contribution in [3.63, 3.8) is 0 Å². The number of H-pyrrole nitrogens is 1. The van der Waals surface area contributed by atoms with Crippen LogP contribution in [0, 0.1) is 0 Å². The molecule has 24 heavy (non-hydrogen) atoms. The number of carbonyl (C=O) groups is 1. The summed E-state index contributed by atoms with van der Waals surface area (Å²) in [5.41, 5.74) is 0.824. The van der Waals surface area contributed by atoms with Crippen LogP contribution in [0.3, 0.4) is 0 Å². The minimum atomic E-state index is -0.497. The average Bonchev–Trinajstić information content (AvgIpc) is 3.01. The Morgan fingerprint density at radius 2 is 2.17 bits per heavy atom. The quantitative estimate of drug-likeness (QED) is 0.782. The molecule has 1 aliphatic rings. The van der Waals surface area contributed by atoms with E-state index in [-0.39, 0.29) is 18.6 Å². The van der Waals surface area contributed by atoms with Gasteiger partial charge in [-0.1, -0.05) is 35.0 Å². The number of aryl methyl sites for hydroxylation is 1. The first kappa shape index (κ1) is 16.4. The second kappa shape index (κ2) is 7.92. The molecule has 0 aliphatic carbocycles. The molecule has 1 saturated heterocycles. The number of aromatic nitrogens is 2. The maximum Gasteiger partial charge on any atom is 0.426 e. The topological polar surface area (TPSA) is 79.4 Å². The van der Waals surface area contributed by atoms with Crippen LogP contribution in [0.2, 0.25) is 0 Å². The third-order valence-electron chi connectivity index (χ3n) is 4.16. The van der Waals surface area contributed by atoms with Crippen molar-refractivity contribution < 1.29 is 18.7 Å². The maximum absolute atomic E-state index is 12.3. The molecular formula is C17H22N3O4+. The smallest absolute Gasteiger partial charge is 0.375 e. The van der Waals surface area contributed by atoms with E-state index < -0.39 is 5.63 Å². The lowest BCUT2D eigenvalue weighted by Crippen LogP contribution is -2.51. The van der Waals surface area contributed by atoms with Gasteiger partial charge in [0.15, 0.2) is 0 Å². The van der Waals surface area contributed by atoms with Gasteiger partial charge in [-0.05, 0) is 30.1 Å². The number of aromatic amines is 1. The summed E-state index contributed by atoms with van der Waals surface area (Å²) in [5.74, 6) is -0.0478. The largest absolute Gasteiger partial charge is 0.426 e. The van der Waals surface area contributed by atoms with Crippen molar-refractivity contribution in [1.29, 1.82) is 0 Å². The van der Waals surface area contributed by atoms with E-state index in [4.69, 9.17) is 4.74 Å². The number of rotatable bonds is 6. The SMILES string of the molecule is O=C(C[n+]1cc(=O)o[nH]1)N1CCO[C@@H](CCCc2ccccc2)C1. The highest BCUT2D eigenvalue weighted by atomic mass is 16.5. The van der Waals surface area contributed by atoms with E-state index in [9.17, 15) is 9.59 Å². The number of amides is 1. The van der Waals surface area contributed by atoms with Gasteiger partial charge >= 0.3 is 5.63 Å². The average molecular weight is 332 g/mol. The molecule has 7 heteroatoms. The Bertz CT molecular complexity index is 710. The first-order valence-corrected chi connectivity index (χ1v) is 8.22. The van der Waals surface area contributed by atoms with Crippen molar-refractivity contribution in [3.05, 3.63) is 52.5 Å². The Kier molecular flexibility index (Phi) is 5.43. The van der Waals surface area contributed by atoms with Gasteiger partial charge in [0.2, 0.25) is 0 Å². The van der Waals surface area contributed by atoms with Crippen LogP contribution in [0.5, 0.6) is 0 Å². The van der Waals surface area contributed by atoms with Crippen LogP contribution in [0.15, 0.2) is 45.8 Å². The maximum atomic E-state index is 12.3. The van der Waals surface area contributed by atoms with Crippen LogP contribution >= 0.6 is 0 Å². The molecule has 128 valence electrons. The van der Waals surface area contributed by atoms with E-state index in [1.807, 2.05) is 18.2 Å². The van der Waals surface area contributed by atoms with E-state index in [0.29, 0.717) is 19.7 Å². The molecule has 0 bridgehead atoms. The molecule has 1 atom stereocenters. The Hall–Kier alpha value is -2.41. The number of morpholine rings is 1. The van der Waals surface area contributed by atoms with Crippen LogP contribution in [-0.2, 0) is 22.5 Å². The molecule has 1 fully saturated rings. The molecule has 1 N–H and O–H groups in total. The molecule has 0 radical (unpaired) electrons. The summed E-state index contributed by atoms with van der Waals surface area (Å²) in [6.45, 7) is 1.80. The third-order valence-corrected chi connectivity index (χ3v) is 4.16.